The third-order valence-corrected chi connectivity index (χ3v) is 6.76. The summed E-state index contributed by atoms with van der Waals surface area (Å²) in [5.41, 5.74) is 4.65. The molecule has 0 bridgehead atoms. The van der Waals surface area contributed by atoms with E-state index in [9.17, 15) is 0 Å². The Balaban J connectivity index is 1.11. The van der Waals surface area contributed by atoms with Crippen molar-refractivity contribution in [3.05, 3.63) is 66.0 Å². The van der Waals surface area contributed by atoms with Crippen molar-refractivity contribution in [2.75, 3.05) is 13.2 Å². The smallest absolute Gasteiger partial charge is 0.171 e. The zero-order chi connectivity index (χ0) is 20.8. The normalized spacial score (nSPS) is 22.9. The van der Waals surface area contributed by atoms with E-state index in [1.807, 2.05) is 25.1 Å². The molecule has 1 aliphatic heterocycles. The number of hydrogen-bond acceptors (Lipinski definition) is 4. The van der Waals surface area contributed by atoms with Gasteiger partial charge < -0.3 is 19.8 Å². The molecule has 4 aromatic rings. The van der Waals surface area contributed by atoms with Crippen LogP contribution in [0.5, 0.6) is 11.5 Å². The van der Waals surface area contributed by atoms with Crippen molar-refractivity contribution in [3.63, 3.8) is 0 Å². The lowest BCUT2D eigenvalue weighted by atomic mass is 9.97. The molecule has 1 fully saturated rings. The van der Waals surface area contributed by atoms with Gasteiger partial charge in [-0.1, -0.05) is 18.2 Å². The summed E-state index contributed by atoms with van der Waals surface area (Å²) in [4.78, 5) is 8.05. The monoisotopic (exact) mass is 413 g/mol. The van der Waals surface area contributed by atoms with Gasteiger partial charge in [0, 0.05) is 40.8 Å². The fraction of sp³-hybridized carbons (Fsp3) is 0.346. The van der Waals surface area contributed by atoms with Gasteiger partial charge in [-0.2, -0.15) is 0 Å². The standard InChI is InChI=1S/C26H27N3O2/c1-16-6-9-21-24(29-16)10-11-25-26(21)31-19(15-30-25)13-27-18-8-7-17(12-18)22-14-28-23-5-3-2-4-20(22)23/h2-6,9-11,14,17-19,27-28H,7-8,12-13,15H2,1H3/t17-,18+,19-/m0/s1. The van der Waals surface area contributed by atoms with Crippen LogP contribution in [0.3, 0.4) is 0 Å². The number of hydrogen-bond donors (Lipinski definition) is 2. The molecule has 1 aliphatic carbocycles. The Hall–Kier alpha value is -3.05. The first-order chi connectivity index (χ1) is 15.2. The lowest BCUT2D eigenvalue weighted by Gasteiger charge is -2.28. The summed E-state index contributed by atoms with van der Waals surface area (Å²) in [5, 5.41) is 6.14. The summed E-state index contributed by atoms with van der Waals surface area (Å²) in [6.45, 7) is 3.37. The van der Waals surface area contributed by atoms with Crippen molar-refractivity contribution in [3.8, 4) is 11.5 Å². The van der Waals surface area contributed by atoms with Crippen LogP contribution in [-0.2, 0) is 0 Å². The first kappa shape index (κ1) is 18.7. The van der Waals surface area contributed by atoms with Gasteiger partial charge in [-0.05, 0) is 68.0 Å². The van der Waals surface area contributed by atoms with Gasteiger partial charge in [0.15, 0.2) is 11.5 Å². The molecule has 2 aromatic heterocycles. The molecule has 0 saturated heterocycles. The van der Waals surface area contributed by atoms with Crippen LogP contribution in [0.25, 0.3) is 21.8 Å². The number of nitrogens with zero attached hydrogens (tertiary/aromatic N) is 1. The van der Waals surface area contributed by atoms with Crippen molar-refractivity contribution < 1.29 is 9.47 Å². The van der Waals surface area contributed by atoms with Crippen molar-refractivity contribution in [1.82, 2.24) is 15.3 Å². The van der Waals surface area contributed by atoms with Crippen LogP contribution in [0.4, 0.5) is 0 Å². The molecule has 0 unspecified atom stereocenters. The van der Waals surface area contributed by atoms with Gasteiger partial charge in [0.2, 0.25) is 0 Å². The predicted molar refractivity (Wildman–Crippen MR) is 123 cm³/mol. The van der Waals surface area contributed by atoms with Gasteiger partial charge in [0.1, 0.15) is 12.7 Å². The van der Waals surface area contributed by atoms with Crippen molar-refractivity contribution in [1.29, 1.82) is 0 Å². The minimum Gasteiger partial charge on any atom is -0.486 e. The predicted octanol–water partition coefficient (Wildman–Crippen LogP) is 5.09. The average Bonchev–Trinajstić information content (AvgIpc) is 3.44. The summed E-state index contributed by atoms with van der Waals surface area (Å²) in [6, 6.07) is 17.2. The molecule has 3 atom stereocenters. The first-order valence-electron chi connectivity index (χ1n) is 11.2. The molecule has 2 N–H and O–H groups in total. The third-order valence-electron chi connectivity index (χ3n) is 6.76. The van der Waals surface area contributed by atoms with Gasteiger partial charge in [-0.25, -0.2) is 0 Å². The molecule has 31 heavy (non-hydrogen) atoms. The Labute approximate surface area is 181 Å². The van der Waals surface area contributed by atoms with Crippen molar-refractivity contribution in [2.24, 2.45) is 0 Å². The lowest BCUT2D eigenvalue weighted by molar-refractivity contribution is 0.0902. The third kappa shape index (κ3) is 3.43. The van der Waals surface area contributed by atoms with E-state index in [-0.39, 0.29) is 6.10 Å². The minimum absolute atomic E-state index is 0.00606. The highest BCUT2D eigenvalue weighted by atomic mass is 16.6. The molecule has 5 nitrogen and oxygen atoms in total. The number of aromatic amines is 1. The van der Waals surface area contributed by atoms with Gasteiger partial charge in [-0.15, -0.1) is 0 Å². The quantitative estimate of drug-likeness (QED) is 0.489. The highest BCUT2D eigenvalue weighted by Crippen LogP contribution is 2.39. The SMILES string of the molecule is Cc1ccc2c3c(ccc2n1)OC[C@H](CN[C@@H]1CC[C@H](c2c[nH]c4ccccc24)C1)O3. The number of rotatable bonds is 4. The molecular formula is C26H27N3O2. The number of aromatic nitrogens is 2. The van der Waals surface area contributed by atoms with Crippen molar-refractivity contribution in [2.45, 2.75) is 44.2 Å². The minimum atomic E-state index is 0.00606. The average molecular weight is 414 g/mol. The van der Waals surface area contributed by atoms with E-state index in [2.05, 4.69) is 51.8 Å². The number of H-pyrrole nitrogens is 1. The number of pyridine rings is 1. The van der Waals surface area contributed by atoms with Gasteiger partial charge in [0.05, 0.1) is 5.52 Å². The highest BCUT2D eigenvalue weighted by molar-refractivity contribution is 5.88. The molecule has 0 radical (unpaired) electrons. The maximum Gasteiger partial charge on any atom is 0.171 e. The molecule has 6 rings (SSSR count). The second kappa shape index (κ2) is 7.57. The Morgan fingerprint density at radius 1 is 1.06 bits per heavy atom. The van der Waals surface area contributed by atoms with E-state index in [4.69, 9.17) is 9.47 Å². The second-order valence-corrected chi connectivity index (χ2v) is 8.87. The van der Waals surface area contributed by atoms with Crippen LogP contribution in [0.2, 0.25) is 0 Å². The van der Waals surface area contributed by atoms with Crippen LogP contribution < -0.4 is 14.8 Å². The first-order valence-corrected chi connectivity index (χ1v) is 11.2. The summed E-state index contributed by atoms with van der Waals surface area (Å²) >= 11 is 0. The van der Waals surface area contributed by atoms with Crippen LogP contribution in [-0.4, -0.2) is 35.3 Å². The maximum absolute atomic E-state index is 6.37. The number of nitrogens with one attached hydrogen (secondary N) is 2. The maximum atomic E-state index is 6.37. The largest absolute Gasteiger partial charge is 0.486 e. The highest BCUT2D eigenvalue weighted by Gasteiger charge is 2.29. The van der Waals surface area contributed by atoms with Crippen LogP contribution in [0, 0.1) is 6.92 Å². The fourth-order valence-electron chi connectivity index (χ4n) is 5.16. The molecule has 3 heterocycles. The van der Waals surface area contributed by atoms with E-state index in [0.29, 0.717) is 18.6 Å². The Morgan fingerprint density at radius 2 is 2.00 bits per heavy atom. The van der Waals surface area contributed by atoms with E-state index in [0.717, 1.165) is 41.1 Å². The number of benzene rings is 2. The van der Waals surface area contributed by atoms with Crippen LogP contribution in [0.1, 0.15) is 36.4 Å². The number of para-hydroxylation sites is 1. The van der Waals surface area contributed by atoms with Gasteiger partial charge in [-0.3, -0.25) is 4.98 Å². The number of ether oxygens (including phenoxy) is 2. The fourth-order valence-corrected chi connectivity index (χ4v) is 5.16. The molecule has 5 heteroatoms. The van der Waals surface area contributed by atoms with Gasteiger partial charge in [0.25, 0.3) is 0 Å². The summed E-state index contributed by atoms with van der Waals surface area (Å²) < 4.78 is 12.4. The van der Waals surface area contributed by atoms with E-state index in [1.165, 1.54) is 29.3 Å². The van der Waals surface area contributed by atoms with E-state index < -0.39 is 0 Å². The number of fused-ring (bicyclic) bond motifs is 4. The molecule has 0 spiro atoms. The molecule has 2 aromatic carbocycles. The Kier molecular flexibility index (Phi) is 4.57. The zero-order valence-electron chi connectivity index (χ0n) is 17.7. The van der Waals surface area contributed by atoms with E-state index in [1.54, 1.807) is 0 Å². The Morgan fingerprint density at radius 3 is 2.97 bits per heavy atom. The molecule has 1 saturated carbocycles. The van der Waals surface area contributed by atoms with Gasteiger partial charge >= 0.3 is 0 Å². The molecule has 0 amide bonds. The topological polar surface area (TPSA) is 59.2 Å². The summed E-state index contributed by atoms with van der Waals surface area (Å²) in [6.07, 6.45) is 5.79. The van der Waals surface area contributed by atoms with Crippen LogP contribution in [0.15, 0.2) is 54.7 Å². The number of aryl methyl sites for hydroxylation is 1. The summed E-state index contributed by atoms with van der Waals surface area (Å²) in [5.74, 6) is 2.25. The molecular weight excluding hydrogens is 386 g/mol. The lowest BCUT2D eigenvalue weighted by Crippen LogP contribution is -2.41. The van der Waals surface area contributed by atoms with E-state index >= 15 is 0 Å². The second-order valence-electron chi connectivity index (χ2n) is 8.87. The molecule has 158 valence electrons. The van der Waals surface area contributed by atoms with Crippen molar-refractivity contribution >= 4 is 21.8 Å². The van der Waals surface area contributed by atoms with Crippen LogP contribution >= 0.6 is 0 Å². The summed E-state index contributed by atoms with van der Waals surface area (Å²) in [7, 11) is 0. The molecule has 2 aliphatic rings. The Bertz CT molecular complexity index is 1250. The zero-order valence-corrected chi connectivity index (χ0v) is 17.7.